The minimum Gasteiger partial charge on any atom is -0.481 e. The minimum absolute atomic E-state index is 0.0145. The van der Waals surface area contributed by atoms with Gasteiger partial charge in [-0.2, -0.15) is 0 Å². The predicted octanol–water partition coefficient (Wildman–Crippen LogP) is 4.30. The van der Waals surface area contributed by atoms with Gasteiger partial charge in [0, 0.05) is 35.8 Å². The standard InChI is InChI=1S/C23H26N4O3S/c1-30-20-10-8-16(13-25-20)19(12-21(28)29)23-27-18(14-31-23)6-2-5-17-9-7-15-4-3-11-24-22(15)26-17/h3-4,8,10-11,13-14,17,19H,2,5-7,9,12H2,1H3,(H,24,26)(H,28,29)/t17?,19-/m1/s1. The number of aromatic nitrogens is 3. The van der Waals surface area contributed by atoms with Gasteiger partial charge in [0.2, 0.25) is 5.88 Å². The molecule has 162 valence electrons. The van der Waals surface area contributed by atoms with Crippen molar-refractivity contribution in [3.63, 3.8) is 0 Å². The van der Waals surface area contributed by atoms with Gasteiger partial charge in [0.15, 0.2) is 0 Å². The molecular weight excluding hydrogens is 412 g/mol. The van der Waals surface area contributed by atoms with Gasteiger partial charge in [-0.1, -0.05) is 12.1 Å². The molecule has 31 heavy (non-hydrogen) atoms. The van der Waals surface area contributed by atoms with E-state index in [2.05, 4.69) is 21.4 Å². The lowest BCUT2D eigenvalue weighted by atomic mass is 9.96. The maximum absolute atomic E-state index is 11.4. The Kier molecular flexibility index (Phi) is 6.76. The van der Waals surface area contributed by atoms with Crippen LogP contribution in [-0.2, 0) is 17.6 Å². The molecule has 1 aliphatic heterocycles. The van der Waals surface area contributed by atoms with Gasteiger partial charge in [-0.3, -0.25) is 4.79 Å². The molecule has 0 saturated heterocycles. The number of rotatable bonds is 9. The first kappa shape index (κ1) is 21.2. The van der Waals surface area contributed by atoms with Crippen molar-refractivity contribution in [1.82, 2.24) is 15.0 Å². The highest BCUT2D eigenvalue weighted by atomic mass is 32.1. The summed E-state index contributed by atoms with van der Waals surface area (Å²) >= 11 is 1.52. The summed E-state index contributed by atoms with van der Waals surface area (Å²) in [6.07, 6.45) is 8.63. The van der Waals surface area contributed by atoms with Crippen LogP contribution < -0.4 is 10.1 Å². The summed E-state index contributed by atoms with van der Waals surface area (Å²) in [6.45, 7) is 0. The fourth-order valence-corrected chi connectivity index (χ4v) is 4.93. The number of pyridine rings is 2. The Labute approximate surface area is 185 Å². The molecular formula is C23H26N4O3S. The third-order valence-electron chi connectivity index (χ3n) is 5.60. The summed E-state index contributed by atoms with van der Waals surface area (Å²) in [7, 11) is 1.56. The number of anilines is 1. The van der Waals surface area contributed by atoms with Gasteiger partial charge < -0.3 is 15.2 Å². The highest BCUT2D eigenvalue weighted by Gasteiger charge is 2.22. The molecule has 0 fully saturated rings. The molecule has 8 heteroatoms. The van der Waals surface area contributed by atoms with Crippen LogP contribution in [0.1, 0.15) is 53.4 Å². The van der Waals surface area contributed by atoms with Crippen LogP contribution in [0.5, 0.6) is 5.88 Å². The van der Waals surface area contributed by atoms with Crippen molar-refractivity contribution in [2.24, 2.45) is 0 Å². The molecule has 0 radical (unpaired) electrons. The number of hydrogen-bond donors (Lipinski definition) is 2. The Bertz CT molecular complexity index is 1020. The molecule has 0 spiro atoms. The van der Waals surface area contributed by atoms with Gasteiger partial charge in [0.25, 0.3) is 0 Å². The number of carboxylic acids is 1. The molecule has 0 bridgehead atoms. The number of hydrogen-bond acceptors (Lipinski definition) is 7. The van der Waals surface area contributed by atoms with E-state index in [0.717, 1.165) is 54.2 Å². The first-order chi connectivity index (χ1) is 15.1. The summed E-state index contributed by atoms with van der Waals surface area (Å²) in [5, 5.41) is 15.8. The monoisotopic (exact) mass is 438 g/mol. The number of nitrogens with one attached hydrogen (secondary N) is 1. The normalized spacial score (nSPS) is 16.2. The van der Waals surface area contributed by atoms with Gasteiger partial charge in [0.05, 0.1) is 19.2 Å². The molecule has 0 saturated carbocycles. The SMILES string of the molecule is COc1ccc([C@@H](CC(=O)O)c2nc(CCCC3CCc4cccnc4N3)cs2)cn1. The number of aryl methyl sites for hydroxylation is 2. The number of carbonyl (C=O) groups is 1. The van der Waals surface area contributed by atoms with Crippen LogP contribution in [0, 0.1) is 0 Å². The molecule has 0 aromatic carbocycles. The Hall–Kier alpha value is -3.00. The highest BCUT2D eigenvalue weighted by molar-refractivity contribution is 7.09. The predicted molar refractivity (Wildman–Crippen MR) is 120 cm³/mol. The second-order valence-corrected chi connectivity index (χ2v) is 8.63. The van der Waals surface area contributed by atoms with Crippen molar-refractivity contribution < 1.29 is 14.6 Å². The number of thiazole rings is 1. The number of ether oxygens (including phenoxy) is 1. The Morgan fingerprint density at radius 2 is 2.26 bits per heavy atom. The van der Waals surface area contributed by atoms with Crippen LogP contribution in [0.25, 0.3) is 0 Å². The number of aliphatic carboxylic acids is 1. The lowest BCUT2D eigenvalue weighted by molar-refractivity contribution is -0.137. The average molecular weight is 439 g/mol. The van der Waals surface area contributed by atoms with Gasteiger partial charge in [-0.15, -0.1) is 11.3 Å². The quantitative estimate of drug-likeness (QED) is 0.514. The summed E-state index contributed by atoms with van der Waals surface area (Å²) < 4.78 is 5.10. The van der Waals surface area contributed by atoms with Crippen LogP contribution in [0.2, 0.25) is 0 Å². The smallest absolute Gasteiger partial charge is 0.304 e. The van der Waals surface area contributed by atoms with E-state index in [1.165, 1.54) is 16.9 Å². The second-order valence-electron chi connectivity index (χ2n) is 7.74. The maximum atomic E-state index is 11.4. The van der Waals surface area contributed by atoms with Crippen molar-refractivity contribution in [2.45, 2.75) is 50.5 Å². The average Bonchev–Trinajstić information content (AvgIpc) is 3.26. The first-order valence-corrected chi connectivity index (χ1v) is 11.4. The van der Waals surface area contributed by atoms with Crippen LogP contribution >= 0.6 is 11.3 Å². The van der Waals surface area contributed by atoms with Gasteiger partial charge >= 0.3 is 5.97 Å². The second kappa shape index (κ2) is 9.87. The van der Waals surface area contributed by atoms with E-state index in [1.807, 2.05) is 23.7 Å². The van der Waals surface area contributed by atoms with Gasteiger partial charge in [-0.25, -0.2) is 15.0 Å². The lowest BCUT2D eigenvalue weighted by Crippen LogP contribution is -2.26. The van der Waals surface area contributed by atoms with Crippen LogP contribution in [-0.4, -0.2) is 39.2 Å². The van der Waals surface area contributed by atoms with E-state index in [9.17, 15) is 9.90 Å². The topological polar surface area (TPSA) is 97.2 Å². The number of carboxylic acid groups (broad SMARTS) is 1. The number of methoxy groups -OCH3 is 1. The summed E-state index contributed by atoms with van der Waals surface area (Å²) in [5.74, 6) is 0.359. The Morgan fingerprint density at radius 3 is 3.03 bits per heavy atom. The molecule has 4 rings (SSSR count). The van der Waals surface area contributed by atoms with Crippen molar-refractivity contribution in [3.8, 4) is 5.88 Å². The van der Waals surface area contributed by atoms with E-state index in [4.69, 9.17) is 9.72 Å². The molecule has 3 aromatic rings. The van der Waals surface area contributed by atoms with Crippen molar-refractivity contribution in [3.05, 3.63) is 63.9 Å². The van der Waals surface area contributed by atoms with Crippen molar-refractivity contribution in [2.75, 3.05) is 12.4 Å². The first-order valence-electron chi connectivity index (χ1n) is 10.5. The molecule has 2 N–H and O–H groups in total. The Balaban J connectivity index is 1.36. The zero-order valence-corrected chi connectivity index (χ0v) is 18.3. The van der Waals surface area contributed by atoms with E-state index < -0.39 is 5.97 Å². The Morgan fingerprint density at radius 1 is 1.35 bits per heavy atom. The number of fused-ring (bicyclic) bond motifs is 1. The molecule has 7 nitrogen and oxygen atoms in total. The molecule has 1 aliphatic rings. The van der Waals surface area contributed by atoms with Crippen molar-refractivity contribution >= 4 is 23.1 Å². The molecule has 4 heterocycles. The molecule has 0 amide bonds. The van der Waals surface area contributed by atoms with Crippen LogP contribution in [0.3, 0.4) is 0 Å². The highest BCUT2D eigenvalue weighted by Crippen LogP contribution is 2.31. The zero-order chi connectivity index (χ0) is 21.6. The maximum Gasteiger partial charge on any atom is 0.304 e. The third-order valence-corrected chi connectivity index (χ3v) is 6.60. The molecule has 1 unspecified atom stereocenters. The van der Waals surface area contributed by atoms with E-state index >= 15 is 0 Å². The summed E-state index contributed by atoms with van der Waals surface area (Å²) in [5.41, 5.74) is 3.15. The van der Waals surface area contributed by atoms with Gasteiger partial charge in [-0.05, 0) is 49.3 Å². The van der Waals surface area contributed by atoms with E-state index in [0.29, 0.717) is 11.9 Å². The number of nitrogens with zero attached hydrogens (tertiary/aromatic N) is 3. The van der Waals surface area contributed by atoms with Crippen LogP contribution in [0.15, 0.2) is 42.0 Å². The molecule has 3 aromatic heterocycles. The largest absolute Gasteiger partial charge is 0.481 e. The summed E-state index contributed by atoms with van der Waals surface area (Å²) in [4.78, 5) is 24.9. The molecule has 0 aliphatic carbocycles. The fourth-order valence-electron chi connectivity index (χ4n) is 3.95. The minimum atomic E-state index is -0.852. The van der Waals surface area contributed by atoms with Crippen molar-refractivity contribution in [1.29, 1.82) is 0 Å². The van der Waals surface area contributed by atoms with E-state index in [-0.39, 0.29) is 12.3 Å². The lowest BCUT2D eigenvalue weighted by Gasteiger charge is -2.25. The third kappa shape index (κ3) is 5.38. The fraction of sp³-hybridized carbons (Fsp3) is 0.391. The zero-order valence-electron chi connectivity index (χ0n) is 17.5. The molecule has 2 atom stereocenters. The van der Waals surface area contributed by atoms with Gasteiger partial charge in [0.1, 0.15) is 10.8 Å². The van der Waals surface area contributed by atoms with Crippen LogP contribution in [0.4, 0.5) is 5.82 Å². The summed E-state index contributed by atoms with van der Waals surface area (Å²) in [6, 6.07) is 8.17. The van der Waals surface area contributed by atoms with E-state index in [1.54, 1.807) is 19.4 Å².